The summed E-state index contributed by atoms with van der Waals surface area (Å²) in [7, 11) is 1.53. The Morgan fingerprint density at radius 3 is 2.57 bits per heavy atom. The summed E-state index contributed by atoms with van der Waals surface area (Å²) in [5, 5.41) is 5.86. The Balaban J connectivity index is 1.84. The minimum atomic E-state index is -0.332. The van der Waals surface area contributed by atoms with Crippen molar-refractivity contribution in [1.82, 2.24) is 15.3 Å². The second-order valence-electron chi connectivity index (χ2n) is 6.17. The molecule has 6 nitrogen and oxygen atoms in total. The van der Waals surface area contributed by atoms with Gasteiger partial charge in [-0.25, -0.2) is 9.97 Å². The Labute approximate surface area is 167 Å². The molecule has 0 aliphatic heterocycles. The lowest BCUT2D eigenvalue weighted by molar-refractivity contribution is 0.0956. The summed E-state index contributed by atoms with van der Waals surface area (Å²) in [6, 6.07) is 14.5. The van der Waals surface area contributed by atoms with Gasteiger partial charge in [0, 0.05) is 18.1 Å². The van der Waals surface area contributed by atoms with Crippen LogP contribution in [-0.4, -0.2) is 28.8 Å². The van der Waals surface area contributed by atoms with Crippen LogP contribution in [0.3, 0.4) is 0 Å². The van der Waals surface area contributed by atoms with Crippen molar-refractivity contribution in [3.63, 3.8) is 0 Å². The van der Waals surface area contributed by atoms with E-state index in [1.54, 1.807) is 36.5 Å². The third-order valence-electron chi connectivity index (χ3n) is 4.00. The Hall–Kier alpha value is -3.19. The topological polar surface area (TPSA) is 84.0 Å². The predicted octanol–water partition coefficient (Wildman–Crippen LogP) is 3.86. The molecule has 0 aliphatic carbocycles. The van der Waals surface area contributed by atoms with E-state index in [4.69, 9.17) is 0 Å². The van der Waals surface area contributed by atoms with Gasteiger partial charge in [-0.2, -0.15) is 0 Å². The zero-order valence-electron chi connectivity index (χ0n) is 15.8. The van der Waals surface area contributed by atoms with Crippen LogP contribution < -0.4 is 10.6 Å². The number of anilines is 1. The molecular weight excluding hydrogens is 372 g/mol. The molecule has 142 valence electrons. The molecule has 3 aromatic rings. The number of amides is 2. The summed E-state index contributed by atoms with van der Waals surface area (Å²) >= 11 is 1.44. The zero-order valence-corrected chi connectivity index (χ0v) is 16.6. The van der Waals surface area contributed by atoms with Crippen molar-refractivity contribution in [2.45, 2.75) is 23.8 Å². The molecule has 0 radical (unpaired) electrons. The van der Waals surface area contributed by atoms with Gasteiger partial charge in [0.25, 0.3) is 11.8 Å². The van der Waals surface area contributed by atoms with Gasteiger partial charge in [-0.15, -0.1) is 0 Å². The number of aryl methyl sites for hydroxylation is 2. The van der Waals surface area contributed by atoms with E-state index in [-0.39, 0.29) is 17.5 Å². The summed E-state index contributed by atoms with van der Waals surface area (Å²) in [6.45, 7) is 4.08. The van der Waals surface area contributed by atoms with E-state index in [9.17, 15) is 9.59 Å². The van der Waals surface area contributed by atoms with E-state index in [0.29, 0.717) is 16.4 Å². The van der Waals surface area contributed by atoms with Gasteiger partial charge in [0.2, 0.25) is 0 Å². The molecule has 0 fully saturated rings. The lowest BCUT2D eigenvalue weighted by Crippen LogP contribution is -2.20. The molecule has 2 aromatic heterocycles. The number of pyridine rings is 2. The van der Waals surface area contributed by atoms with E-state index in [1.807, 2.05) is 26.0 Å². The van der Waals surface area contributed by atoms with E-state index in [2.05, 4.69) is 26.7 Å². The SMILES string of the molecule is CNC(=O)c1cccc(NC(=O)c2cccnc2Sc2ccc(C)cc2C)n1. The van der Waals surface area contributed by atoms with Crippen molar-refractivity contribution >= 4 is 29.4 Å². The molecule has 0 unspecified atom stereocenters. The molecule has 28 heavy (non-hydrogen) atoms. The molecule has 0 saturated carbocycles. The van der Waals surface area contributed by atoms with E-state index in [0.717, 1.165) is 10.5 Å². The highest BCUT2D eigenvalue weighted by Gasteiger charge is 2.16. The van der Waals surface area contributed by atoms with Gasteiger partial charge in [-0.05, 0) is 49.7 Å². The van der Waals surface area contributed by atoms with Gasteiger partial charge >= 0.3 is 0 Å². The Kier molecular flexibility index (Phi) is 6.06. The number of aromatic nitrogens is 2. The van der Waals surface area contributed by atoms with Crippen molar-refractivity contribution in [2.75, 3.05) is 12.4 Å². The summed E-state index contributed by atoms with van der Waals surface area (Å²) in [4.78, 5) is 34.1. The average Bonchev–Trinajstić information content (AvgIpc) is 2.70. The molecule has 0 spiro atoms. The normalized spacial score (nSPS) is 10.4. The standard InChI is InChI=1S/C21H20N4O2S/c1-13-9-10-17(14(2)12-13)28-21-15(6-5-11-23-21)19(26)25-18-8-4-7-16(24-18)20(27)22-3/h4-12H,1-3H3,(H,22,27)(H,24,25,26). The average molecular weight is 392 g/mol. The first-order valence-electron chi connectivity index (χ1n) is 8.68. The molecule has 2 heterocycles. The number of rotatable bonds is 5. The molecule has 0 aliphatic rings. The van der Waals surface area contributed by atoms with Gasteiger partial charge in [0.15, 0.2) is 0 Å². The predicted molar refractivity (Wildman–Crippen MR) is 110 cm³/mol. The number of nitrogens with one attached hydrogen (secondary N) is 2. The number of hydrogen-bond donors (Lipinski definition) is 2. The quantitative estimate of drug-likeness (QED) is 0.689. The molecule has 0 saturated heterocycles. The molecule has 1 aromatic carbocycles. The first kappa shape index (κ1) is 19.6. The van der Waals surface area contributed by atoms with E-state index < -0.39 is 0 Å². The number of carbonyl (C=O) groups is 2. The first-order valence-corrected chi connectivity index (χ1v) is 9.50. The highest BCUT2D eigenvalue weighted by Crippen LogP contribution is 2.31. The summed E-state index contributed by atoms with van der Waals surface area (Å²) < 4.78 is 0. The van der Waals surface area contributed by atoms with Crippen molar-refractivity contribution in [1.29, 1.82) is 0 Å². The van der Waals surface area contributed by atoms with Crippen LogP contribution >= 0.6 is 11.8 Å². The van der Waals surface area contributed by atoms with Crippen molar-refractivity contribution in [3.05, 3.63) is 77.1 Å². The highest BCUT2D eigenvalue weighted by atomic mass is 32.2. The smallest absolute Gasteiger partial charge is 0.269 e. The number of carbonyl (C=O) groups excluding carboxylic acids is 2. The van der Waals surface area contributed by atoms with Crippen LogP contribution in [0.1, 0.15) is 32.0 Å². The summed E-state index contributed by atoms with van der Waals surface area (Å²) in [6.07, 6.45) is 1.66. The lowest BCUT2D eigenvalue weighted by atomic mass is 10.2. The Morgan fingerprint density at radius 2 is 1.82 bits per heavy atom. The largest absolute Gasteiger partial charge is 0.354 e. The molecule has 0 bridgehead atoms. The summed E-state index contributed by atoms with van der Waals surface area (Å²) in [5.41, 5.74) is 2.99. The first-order chi connectivity index (χ1) is 13.5. The van der Waals surface area contributed by atoms with Crippen LogP contribution in [0, 0.1) is 13.8 Å². The fraction of sp³-hybridized carbons (Fsp3) is 0.143. The van der Waals surface area contributed by atoms with Gasteiger partial charge in [0.05, 0.1) is 5.56 Å². The second-order valence-corrected chi connectivity index (χ2v) is 7.20. The number of nitrogens with zero attached hydrogens (tertiary/aromatic N) is 2. The molecule has 2 N–H and O–H groups in total. The zero-order chi connectivity index (χ0) is 20.1. The molecular formula is C21H20N4O2S. The van der Waals surface area contributed by atoms with Crippen molar-refractivity contribution in [2.24, 2.45) is 0 Å². The summed E-state index contributed by atoms with van der Waals surface area (Å²) in [5.74, 6) is -0.345. The number of benzene rings is 1. The van der Waals surface area contributed by atoms with Crippen LogP contribution in [0.25, 0.3) is 0 Å². The van der Waals surface area contributed by atoms with E-state index >= 15 is 0 Å². The van der Waals surface area contributed by atoms with Crippen LogP contribution in [0.2, 0.25) is 0 Å². The molecule has 3 rings (SSSR count). The number of hydrogen-bond acceptors (Lipinski definition) is 5. The van der Waals surface area contributed by atoms with Crippen LogP contribution in [0.4, 0.5) is 5.82 Å². The van der Waals surface area contributed by atoms with Crippen LogP contribution in [-0.2, 0) is 0 Å². The van der Waals surface area contributed by atoms with Crippen molar-refractivity contribution < 1.29 is 9.59 Å². The highest BCUT2D eigenvalue weighted by molar-refractivity contribution is 7.99. The molecule has 0 atom stereocenters. The molecule has 2 amide bonds. The third-order valence-corrected chi connectivity index (χ3v) is 5.20. The van der Waals surface area contributed by atoms with Gasteiger partial charge in [0.1, 0.15) is 16.5 Å². The van der Waals surface area contributed by atoms with Gasteiger partial charge < -0.3 is 10.6 Å². The maximum Gasteiger partial charge on any atom is 0.269 e. The Morgan fingerprint density at radius 1 is 1.00 bits per heavy atom. The van der Waals surface area contributed by atoms with Crippen molar-refractivity contribution in [3.8, 4) is 0 Å². The maximum absolute atomic E-state index is 12.8. The minimum absolute atomic E-state index is 0.233. The lowest BCUT2D eigenvalue weighted by Gasteiger charge is -2.11. The van der Waals surface area contributed by atoms with Crippen LogP contribution in [0.15, 0.2) is 64.6 Å². The third kappa shape index (κ3) is 4.55. The monoisotopic (exact) mass is 392 g/mol. The van der Waals surface area contributed by atoms with Gasteiger partial charge in [-0.1, -0.05) is 35.5 Å². The minimum Gasteiger partial charge on any atom is -0.354 e. The Bertz CT molecular complexity index is 1040. The van der Waals surface area contributed by atoms with Crippen LogP contribution in [0.5, 0.6) is 0 Å². The fourth-order valence-electron chi connectivity index (χ4n) is 2.61. The fourth-order valence-corrected chi connectivity index (χ4v) is 3.55. The molecule has 7 heteroatoms. The van der Waals surface area contributed by atoms with Gasteiger partial charge in [-0.3, -0.25) is 9.59 Å². The van der Waals surface area contributed by atoms with E-state index in [1.165, 1.54) is 24.4 Å². The second kappa shape index (κ2) is 8.67. The maximum atomic E-state index is 12.8.